The van der Waals surface area contributed by atoms with E-state index in [1.165, 1.54) is 0 Å². The van der Waals surface area contributed by atoms with Gasteiger partial charge in [0.1, 0.15) is 5.75 Å². The third-order valence-corrected chi connectivity index (χ3v) is 4.05. The first kappa shape index (κ1) is 17.3. The van der Waals surface area contributed by atoms with Crippen molar-refractivity contribution in [3.63, 3.8) is 0 Å². The van der Waals surface area contributed by atoms with Gasteiger partial charge in [-0.1, -0.05) is 40.2 Å². The number of hydrogen-bond donors (Lipinski definition) is 2. The maximum absolute atomic E-state index is 11.9. The molecule has 0 bridgehead atoms. The van der Waals surface area contributed by atoms with E-state index in [0.29, 0.717) is 6.54 Å². The highest BCUT2D eigenvalue weighted by Crippen LogP contribution is 2.17. The van der Waals surface area contributed by atoms with Crippen molar-refractivity contribution in [3.05, 3.63) is 64.1 Å². The zero-order valence-electron chi connectivity index (χ0n) is 13.3. The number of amides is 2. The van der Waals surface area contributed by atoms with Gasteiger partial charge in [0.15, 0.2) is 0 Å². The lowest BCUT2D eigenvalue weighted by Crippen LogP contribution is -2.38. The van der Waals surface area contributed by atoms with Crippen molar-refractivity contribution in [3.8, 4) is 5.75 Å². The minimum absolute atomic E-state index is 0.0477. The van der Waals surface area contributed by atoms with E-state index in [4.69, 9.17) is 4.74 Å². The molecule has 0 aliphatic carbocycles. The van der Waals surface area contributed by atoms with Crippen LogP contribution in [0, 0.1) is 0 Å². The second-order valence-corrected chi connectivity index (χ2v) is 6.19. The predicted octanol–water partition coefficient (Wildman–Crippen LogP) is 4.06. The van der Waals surface area contributed by atoms with Crippen molar-refractivity contribution < 1.29 is 9.53 Å². The molecule has 0 aromatic heterocycles. The number of nitrogens with one attached hydrogen (secondary N) is 2. The summed E-state index contributed by atoms with van der Waals surface area (Å²) in [4.78, 5) is 11.9. The van der Waals surface area contributed by atoms with Crippen LogP contribution in [0.1, 0.15) is 24.1 Å². The number of benzene rings is 2. The molecule has 0 saturated heterocycles. The number of hydrogen-bond acceptors (Lipinski definition) is 2. The van der Waals surface area contributed by atoms with E-state index < -0.39 is 0 Å². The van der Waals surface area contributed by atoms with Crippen LogP contribution in [-0.2, 0) is 6.42 Å². The fourth-order valence-corrected chi connectivity index (χ4v) is 2.64. The summed E-state index contributed by atoms with van der Waals surface area (Å²) in [6, 6.07) is 15.6. The van der Waals surface area contributed by atoms with E-state index in [1.807, 2.05) is 55.5 Å². The molecular formula is C18H21BrN2O2. The Morgan fingerprint density at radius 3 is 2.61 bits per heavy atom. The van der Waals surface area contributed by atoms with Gasteiger partial charge < -0.3 is 15.4 Å². The largest absolute Gasteiger partial charge is 0.497 e. The smallest absolute Gasteiger partial charge is 0.315 e. The summed E-state index contributed by atoms with van der Waals surface area (Å²) in [5, 5.41) is 5.82. The molecule has 0 saturated carbocycles. The lowest BCUT2D eigenvalue weighted by molar-refractivity contribution is 0.238. The molecule has 1 atom stereocenters. The Morgan fingerprint density at radius 2 is 1.96 bits per heavy atom. The van der Waals surface area contributed by atoms with Crippen LogP contribution in [0.4, 0.5) is 4.79 Å². The highest BCUT2D eigenvalue weighted by atomic mass is 79.9. The number of rotatable bonds is 6. The summed E-state index contributed by atoms with van der Waals surface area (Å²) >= 11 is 3.44. The first-order chi connectivity index (χ1) is 11.1. The highest BCUT2D eigenvalue weighted by Gasteiger charge is 2.09. The number of carbonyl (C=O) groups excluding carboxylic acids is 1. The van der Waals surface area contributed by atoms with Gasteiger partial charge in [-0.3, -0.25) is 0 Å². The van der Waals surface area contributed by atoms with Crippen LogP contribution in [-0.4, -0.2) is 19.7 Å². The fourth-order valence-electron chi connectivity index (χ4n) is 2.22. The molecule has 2 amide bonds. The molecule has 0 aliphatic heterocycles. The summed E-state index contributed by atoms with van der Waals surface area (Å²) in [5.41, 5.74) is 2.22. The van der Waals surface area contributed by atoms with E-state index in [-0.39, 0.29) is 12.1 Å². The zero-order chi connectivity index (χ0) is 16.7. The molecule has 0 heterocycles. The number of carbonyl (C=O) groups is 1. The topological polar surface area (TPSA) is 50.4 Å². The van der Waals surface area contributed by atoms with Crippen LogP contribution in [0.3, 0.4) is 0 Å². The van der Waals surface area contributed by atoms with Crippen LogP contribution < -0.4 is 15.4 Å². The average molecular weight is 377 g/mol. The molecule has 0 radical (unpaired) electrons. The highest BCUT2D eigenvalue weighted by molar-refractivity contribution is 9.10. The van der Waals surface area contributed by atoms with Gasteiger partial charge in [-0.15, -0.1) is 0 Å². The third-order valence-electron chi connectivity index (χ3n) is 3.55. The van der Waals surface area contributed by atoms with Gasteiger partial charge in [0.2, 0.25) is 0 Å². The summed E-state index contributed by atoms with van der Waals surface area (Å²) < 4.78 is 6.13. The summed E-state index contributed by atoms with van der Waals surface area (Å²) in [6.45, 7) is 2.55. The van der Waals surface area contributed by atoms with Gasteiger partial charge in [0.25, 0.3) is 0 Å². The molecule has 0 fully saturated rings. The third kappa shape index (κ3) is 5.60. The Balaban J connectivity index is 1.76. The Hall–Kier alpha value is -2.01. The molecule has 4 nitrogen and oxygen atoms in total. The number of ether oxygens (including phenoxy) is 1. The SMILES string of the molecule is COc1ccc(CCNC(=O)NC(C)c2cccc(Br)c2)cc1. The van der Waals surface area contributed by atoms with E-state index >= 15 is 0 Å². The minimum Gasteiger partial charge on any atom is -0.497 e. The first-order valence-corrected chi connectivity index (χ1v) is 8.30. The molecule has 2 aromatic carbocycles. The van der Waals surface area contributed by atoms with Gasteiger partial charge in [0, 0.05) is 11.0 Å². The van der Waals surface area contributed by atoms with Crippen molar-refractivity contribution in [2.45, 2.75) is 19.4 Å². The summed E-state index contributed by atoms with van der Waals surface area (Å²) in [6.07, 6.45) is 0.780. The van der Waals surface area contributed by atoms with E-state index in [1.54, 1.807) is 7.11 Å². The number of methoxy groups -OCH3 is 1. The van der Waals surface area contributed by atoms with Crippen LogP contribution in [0.2, 0.25) is 0 Å². The minimum atomic E-state index is -0.161. The number of halogens is 1. The van der Waals surface area contributed by atoms with Crippen molar-refractivity contribution in [2.75, 3.05) is 13.7 Å². The lowest BCUT2D eigenvalue weighted by Gasteiger charge is -2.15. The molecule has 0 aliphatic rings. The van der Waals surface area contributed by atoms with E-state index in [9.17, 15) is 4.79 Å². The molecule has 2 aromatic rings. The molecule has 2 rings (SSSR count). The Morgan fingerprint density at radius 1 is 1.22 bits per heavy atom. The molecule has 5 heteroatoms. The summed E-state index contributed by atoms with van der Waals surface area (Å²) in [5.74, 6) is 0.835. The Bertz CT molecular complexity index is 644. The summed E-state index contributed by atoms with van der Waals surface area (Å²) in [7, 11) is 1.65. The lowest BCUT2D eigenvalue weighted by atomic mass is 10.1. The van der Waals surface area contributed by atoms with Gasteiger partial charge in [-0.05, 0) is 48.7 Å². The van der Waals surface area contributed by atoms with Crippen LogP contribution in [0.15, 0.2) is 53.0 Å². The standard InChI is InChI=1S/C18H21BrN2O2/c1-13(15-4-3-5-16(19)12-15)21-18(22)20-11-10-14-6-8-17(23-2)9-7-14/h3-9,12-13H,10-11H2,1-2H3,(H2,20,21,22). The van der Waals surface area contributed by atoms with Crippen LogP contribution >= 0.6 is 15.9 Å². The molecule has 122 valence electrons. The monoisotopic (exact) mass is 376 g/mol. The Labute approximate surface area is 145 Å². The Kier molecular flexibility index (Phi) is 6.47. The molecule has 0 spiro atoms. The fraction of sp³-hybridized carbons (Fsp3) is 0.278. The van der Waals surface area contributed by atoms with Gasteiger partial charge in [-0.25, -0.2) is 4.79 Å². The maximum atomic E-state index is 11.9. The van der Waals surface area contributed by atoms with Crippen molar-refractivity contribution in [1.29, 1.82) is 0 Å². The van der Waals surface area contributed by atoms with Gasteiger partial charge >= 0.3 is 6.03 Å². The molecular weight excluding hydrogens is 356 g/mol. The van der Waals surface area contributed by atoms with Gasteiger partial charge in [0.05, 0.1) is 13.2 Å². The maximum Gasteiger partial charge on any atom is 0.315 e. The second kappa shape index (κ2) is 8.58. The molecule has 2 N–H and O–H groups in total. The van der Waals surface area contributed by atoms with Crippen molar-refractivity contribution >= 4 is 22.0 Å². The van der Waals surface area contributed by atoms with E-state index in [0.717, 1.165) is 27.8 Å². The van der Waals surface area contributed by atoms with Crippen molar-refractivity contribution in [2.24, 2.45) is 0 Å². The second-order valence-electron chi connectivity index (χ2n) is 5.28. The van der Waals surface area contributed by atoms with Crippen molar-refractivity contribution in [1.82, 2.24) is 10.6 Å². The molecule has 1 unspecified atom stereocenters. The molecule has 23 heavy (non-hydrogen) atoms. The predicted molar refractivity (Wildman–Crippen MR) is 95.8 cm³/mol. The average Bonchev–Trinajstić information content (AvgIpc) is 2.55. The van der Waals surface area contributed by atoms with Crippen LogP contribution in [0.5, 0.6) is 5.75 Å². The normalized spacial score (nSPS) is 11.6. The van der Waals surface area contributed by atoms with Gasteiger partial charge in [-0.2, -0.15) is 0 Å². The zero-order valence-corrected chi connectivity index (χ0v) is 14.9. The van der Waals surface area contributed by atoms with Crippen LogP contribution in [0.25, 0.3) is 0 Å². The quantitative estimate of drug-likeness (QED) is 0.798. The first-order valence-electron chi connectivity index (χ1n) is 7.51. The van der Waals surface area contributed by atoms with E-state index in [2.05, 4.69) is 26.6 Å². The number of urea groups is 1.